The highest BCUT2D eigenvalue weighted by atomic mass is 79.9. The van der Waals surface area contributed by atoms with Crippen LogP contribution in [0.3, 0.4) is 0 Å². The van der Waals surface area contributed by atoms with E-state index < -0.39 is 0 Å². The Morgan fingerprint density at radius 1 is 1.33 bits per heavy atom. The minimum atomic E-state index is 0.594. The normalized spacial score (nSPS) is 12.7. The van der Waals surface area contributed by atoms with Gasteiger partial charge in [-0.25, -0.2) is 0 Å². The van der Waals surface area contributed by atoms with Crippen molar-refractivity contribution in [2.75, 3.05) is 30.5 Å². The third kappa shape index (κ3) is 6.21. The second-order valence-corrected chi connectivity index (χ2v) is 7.69. The van der Waals surface area contributed by atoms with Crippen LogP contribution in [0.5, 0.6) is 0 Å². The zero-order valence-electron chi connectivity index (χ0n) is 13.9. The minimum Gasteiger partial charge on any atom is -0.371 e. The lowest BCUT2D eigenvalue weighted by atomic mass is 10.1. The molecule has 120 valence electrons. The van der Waals surface area contributed by atoms with Crippen LogP contribution >= 0.6 is 27.7 Å². The summed E-state index contributed by atoms with van der Waals surface area (Å²) < 4.78 is 1.20. The SMILES string of the molecule is CCC(CSC)N(C)c1ccc(CNCC(C)C)c(Br)c1. The summed E-state index contributed by atoms with van der Waals surface area (Å²) in [6, 6.07) is 7.31. The summed E-state index contributed by atoms with van der Waals surface area (Å²) in [7, 11) is 2.20. The van der Waals surface area contributed by atoms with Crippen molar-refractivity contribution in [1.82, 2.24) is 5.32 Å². The first-order chi connectivity index (χ1) is 9.99. The number of rotatable bonds is 9. The van der Waals surface area contributed by atoms with E-state index in [0.717, 1.165) is 13.1 Å². The molecule has 0 heterocycles. The summed E-state index contributed by atoms with van der Waals surface area (Å²) in [4.78, 5) is 2.40. The van der Waals surface area contributed by atoms with E-state index in [-0.39, 0.29) is 0 Å². The molecule has 0 radical (unpaired) electrons. The molecule has 0 aromatic heterocycles. The Morgan fingerprint density at radius 2 is 2.05 bits per heavy atom. The minimum absolute atomic E-state index is 0.594. The van der Waals surface area contributed by atoms with Crippen LogP contribution in [-0.4, -0.2) is 31.6 Å². The maximum absolute atomic E-state index is 3.72. The first kappa shape index (κ1) is 18.9. The van der Waals surface area contributed by atoms with Crippen LogP contribution in [0, 0.1) is 5.92 Å². The zero-order chi connectivity index (χ0) is 15.8. The second kappa shape index (κ2) is 9.75. The Hall–Kier alpha value is -0.190. The van der Waals surface area contributed by atoms with Crippen molar-refractivity contribution in [3.05, 3.63) is 28.2 Å². The van der Waals surface area contributed by atoms with Gasteiger partial charge in [-0.05, 0) is 42.8 Å². The molecule has 1 aromatic rings. The predicted octanol–water partition coefficient (Wildman–Crippen LogP) is 4.77. The van der Waals surface area contributed by atoms with Gasteiger partial charge in [0.2, 0.25) is 0 Å². The zero-order valence-corrected chi connectivity index (χ0v) is 16.4. The summed E-state index contributed by atoms with van der Waals surface area (Å²) in [6.07, 6.45) is 3.35. The van der Waals surface area contributed by atoms with E-state index in [9.17, 15) is 0 Å². The quantitative estimate of drug-likeness (QED) is 0.671. The molecule has 0 saturated carbocycles. The maximum atomic E-state index is 3.72. The molecule has 1 rings (SSSR count). The largest absolute Gasteiger partial charge is 0.371 e. The molecule has 0 aliphatic carbocycles. The van der Waals surface area contributed by atoms with E-state index >= 15 is 0 Å². The fourth-order valence-electron chi connectivity index (χ4n) is 2.30. The molecule has 0 aliphatic rings. The monoisotopic (exact) mass is 372 g/mol. The lowest BCUT2D eigenvalue weighted by Gasteiger charge is -2.29. The van der Waals surface area contributed by atoms with Crippen LogP contribution < -0.4 is 10.2 Å². The average molecular weight is 373 g/mol. The highest BCUT2D eigenvalue weighted by Gasteiger charge is 2.13. The van der Waals surface area contributed by atoms with E-state index in [1.165, 1.54) is 27.9 Å². The lowest BCUT2D eigenvalue weighted by Crippen LogP contribution is -2.33. The average Bonchev–Trinajstić information content (AvgIpc) is 2.45. The van der Waals surface area contributed by atoms with Gasteiger partial charge in [0.1, 0.15) is 0 Å². The van der Waals surface area contributed by atoms with Gasteiger partial charge in [-0.3, -0.25) is 0 Å². The first-order valence-electron chi connectivity index (χ1n) is 7.70. The summed E-state index contributed by atoms with van der Waals surface area (Å²) >= 11 is 5.64. The van der Waals surface area contributed by atoms with Crippen LogP contribution in [-0.2, 0) is 6.54 Å². The summed E-state index contributed by atoms with van der Waals surface area (Å²) in [5.41, 5.74) is 2.61. The van der Waals surface area contributed by atoms with Gasteiger partial charge in [-0.1, -0.05) is 42.8 Å². The summed E-state index contributed by atoms with van der Waals surface area (Å²) in [5.74, 6) is 1.86. The number of benzene rings is 1. The Morgan fingerprint density at radius 3 is 2.57 bits per heavy atom. The van der Waals surface area contributed by atoms with E-state index in [0.29, 0.717) is 12.0 Å². The van der Waals surface area contributed by atoms with Crippen molar-refractivity contribution in [3.8, 4) is 0 Å². The van der Waals surface area contributed by atoms with E-state index in [1.807, 2.05) is 11.8 Å². The molecule has 4 heteroatoms. The predicted molar refractivity (Wildman–Crippen MR) is 102 cm³/mol. The Balaban J connectivity index is 2.72. The molecule has 0 saturated heterocycles. The van der Waals surface area contributed by atoms with Gasteiger partial charge in [0.05, 0.1) is 0 Å². The summed E-state index contributed by atoms with van der Waals surface area (Å²) in [6.45, 7) is 8.70. The summed E-state index contributed by atoms with van der Waals surface area (Å²) in [5, 5.41) is 3.50. The molecule has 1 unspecified atom stereocenters. The van der Waals surface area contributed by atoms with Crippen molar-refractivity contribution in [3.63, 3.8) is 0 Å². The number of hydrogen-bond donors (Lipinski definition) is 1. The third-order valence-electron chi connectivity index (χ3n) is 3.69. The first-order valence-corrected chi connectivity index (χ1v) is 9.89. The third-order valence-corrected chi connectivity index (χ3v) is 5.15. The van der Waals surface area contributed by atoms with Crippen molar-refractivity contribution < 1.29 is 0 Å². The van der Waals surface area contributed by atoms with E-state index in [2.05, 4.69) is 78.4 Å². The maximum Gasteiger partial charge on any atom is 0.0377 e. The molecule has 0 amide bonds. The van der Waals surface area contributed by atoms with Gasteiger partial charge in [-0.2, -0.15) is 11.8 Å². The van der Waals surface area contributed by atoms with Crippen LogP contribution in [0.15, 0.2) is 22.7 Å². The number of anilines is 1. The molecule has 0 bridgehead atoms. The van der Waals surface area contributed by atoms with Gasteiger partial charge >= 0.3 is 0 Å². The van der Waals surface area contributed by atoms with Crippen LogP contribution in [0.4, 0.5) is 5.69 Å². The molecule has 1 aromatic carbocycles. The number of nitrogens with one attached hydrogen (secondary N) is 1. The second-order valence-electron chi connectivity index (χ2n) is 5.93. The number of thioether (sulfide) groups is 1. The number of hydrogen-bond acceptors (Lipinski definition) is 3. The molecule has 21 heavy (non-hydrogen) atoms. The Kier molecular flexibility index (Phi) is 8.76. The number of halogens is 1. The Bertz CT molecular complexity index is 423. The highest BCUT2D eigenvalue weighted by molar-refractivity contribution is 9.10. The smallest absolute Gasteiger partial charge is 0.0377 e. The topological polar surface area (TPSA) is 15.3 Å². The van der Waals surface area contributed by atoms with Gasteiger partial charge in [-0.15, -0.1) is 0 Å². The van der Waals surface area contributed by atoms with Gasteiger partial charge < -0.3 is 10.2 Å². The molecule has 1 atom stereocenters. The van der Waals surface area contributed by atoms with Gasteiger partial charge in [0.15, 0.2) is 0 Å². The molecule has 1 N–H and O–H groups in total. The van der Waals surface area contributed by atoms with Crippen molar-refractivity contribution in [1.29, 1.82) is 0 Å². The van der Waals surface area contributed by atoms with Gasteiger partial charge in [0.25, 0.3) is 0 Å². The molecule has 0 spiro atoms. The standard InChI is InChI=1S/C17H29BrN2S/c1-6-15(12-21-5)20(4)16-8-7-14(17(18)9-16)11-19-10-13(2)3/h7-9,13,15,19H,6,10-12H2,1-5H3. The fourth-order valence-corrected chi connectivity index (χ4v) is 3.65. The molecule has 2 nitrogen and oxygen atoms in total. The van der Waals surface area contributed by atoms with Crippen LogP contribution in [0.2, 0.25) is 0 Å². The van der Waals surface area contributed by atoms with Crippen molar-refractivity contribution in [2.45, 2.75) is 39.8 Å². The molecule has 0 fully saturated rings. The van der Waals surface area contributed by atoms with Crippen LogP contribution in [0.25, 0.3) is 0 Å². The highest BCUT2D eigenvalue weighted by Crippen LogP contribution is 2.26. The lowest BCUT2D eigenvalue weighted by molar-refractivity contribution is 0.552. The van der Waals surface area contributed by atoms with E-state index in [1.54, 1.807) is 0 Å². The number of nitrogens with zero attached hydrogens (tertiary/aromatic N) is 1. The van der Waals surface area contributed by atoms with Crippen molar-refractivity contribution >= 4 is 33.4 Å². The van der Waals surface area contributed by atoms with Gasteiger partial charge in [0, 0.05) is 35.5 Å². The molecule has 0 aliphatic heterocycles. The van der Waals surface area contributed by atoms with E-state index in [4.69, 9.17) is 0 Å². The fraction of sp³-hybridized carbons (Fsp3) is 0.647. The van der Waals surface area contributed by atoms with Crippen molar-refractivity contribution in [2.24, 2.45) is 5.92 Å². The Labute approximate surface area is 143 Å². The van der Waals surface area contributed by atoms with Crippen LogP contribution in [0.1, 0.15) is 32.8 Å². The molecular weight excluding hydrogens is 344 g/mol. The molecular formula is C17H29BrN2S.